The predicted molar refractivity (Wildman–Crippen MR) is 60.8 cm³/mol. The van der Waals surface area contributed by atoms with Crippen molar-refractivity contribution in [3.63, 3.8) is 0 Å². The van der Waals surface area contributed by atoms with Gasteiger partial charge in [-0.1, -0.05) is 12.5 Å². The van der Waals surface area contributed by atoms with Gasteiger partial charge in [0.25, 0.3) is 0 Å². The van der Waals surface area contributed by atoms with Crippen molar-refractivity contribution in [1.29, 1.82) is 0 Å². The Hall–Kier alpha value is -0.340. The molecule has 0 radical (unpaired) electrons. The summed E-state index contributed by atoms with van der Waals surface area (Å²) in [6, 6.07) is 4.56. The zero-order valence-corrected chi connectivity index (χ0v) is 9.28. The maximum atomic E-state index is 3.51. The van der Waals surface area contributed by atoms with Crippen LogP contribution in [-0.4, -0.2) is 13.1 Å². The van der Waals surface area contributed by atoms with E-state index in [0.29, 0.717) is 5.41 Å². The monoisotopic (exact) mass is 207 g/mol. The van der Waals surface area contributed by atoms with E-state index in [-0.39, 0.29) is 0 Å². The highest BCUT2D eigenvalue weighted by Crippen LogP contribution is 2.52. The number of hydrogen-bond acceptors (Lipinski definition) is 2. The second-order valence-corrected chi connectivity index (χ2v) is 5.62. The van der Waals surface area contributed by atoms with Crippen LogP contribution in [0.5, 0.6) is 0 Å². The molecule has 1 aliphatic carbocycles. The smallest absolute Gasteiger partial charge is 0.0110 e. The Morgan fingerprint density at radius 2 is 2.36 bits per heavy atom. The molecule has 1 aromatic rings. The van der Waals surface area contributed by atoms with E-state index >= 15 is 0 Å². The Labute approximate surface area is 89.5 Å². The molecule has 1 aromatic heterocycles. The molecule has 2 heteroatoms. The molecular weight excluding hydrogens is 190 g/mol. The molecule has 1 unspecified atom stereocenters. The van der Waals surface area contributed by atoms with Crippen LogP contribution in [0.15, 0.2) is 17.5 Å². The van der Waals surface area contributed by atoms with E-state index in [0.717, 1.165) is 5.92 Å². The summed E-state index contributed by atoms with van der Waals surface area (Å²) in [6.07, 6.45) is 5.69. The van der Waals surface area contributed by atoms with Gasteiger partial charge in [-0.05, 0) is 49.7 Å². The van der Waals surface area contributed by atoms with Crippen molar-refractivity contribution in [1.82, 2.24) is 5.32 Å². The Morgan fingerprint density at radius 3 is 2.86 bits per heavy atom. The lowest BCUT2D eigenvalue weighted by atomic mass is 9.60. The number of hydrogen-bond donors (Lipinski definition) is 1. The zero-order valence-electron chi connectivity index (χ0n) is 8.46. The first-order valence-electron chi connectivity index (χ1n) is 5.66. The summed E-state index contributed by atoms with van der Waals surface area (Å²) in [6.45, 7) is 2.48. The van der Waals surface area contributed by atoms with Crippen LogP contribution in [-0.2, 0) is 5.41 Å². The van der Waals surface area contributed by atoms with Gasteiger partial charge >= 0.3 is 0 Å². The summed E-state index contributed by atoms with van der Waals surface area (Å²) in [5.74, 6) is 0.912. The Bertz CT molecular complexity index is 294. The molecule has 1 nitrogen and oxygen atoms in total. The molecule has 1 saturated carbocycles. The molecule has 1 N–H and O–H groups in total. The SMILES string of the molecule is c1csc(C2(C3CCNC3)CCC2)c1. The molecular formula is C12H17NS. The Balaban J connectivity index is 1.90. The molecule has 76 valence electrons. The van der Waals surface area contributed by atoms with Crippen molar-refractivity contribution in [2.24, 2.45) is 5.92 Å². The minimum absolute atomic E-state index is 0.581. The van der Waals surface area contributed by atoms with Gasteiger partial charge in [-0.2, -0.15) is 0 Å². The van der Waals surface area contributed by atoms with Crippen LogP contribution in [0, 0.1) is 5.92 Å². The van der Waals surface area contributed by atoms with E-state index in [2.05, 4.69) is 22.8 Å². The molecule has 0 spiro atoms. The van der Waals surface area contributed by atoms with Gasteiger partial charge in [0.1, 0.15) is 0 Å². The van der Waals surface area contributed by atoms with E-state index < -0.39 is 0 Å². The largest absolute Gasteiger partial charge is 0.316 e. The second-order valence-electron chi connectivity index (χ2n) is 4.68. The van der Waals surface area contributed by atoms with Crippen LogP contribution in [0.1, 0.15) is 30.6 Å². The zero-order chi connectivity index (χ0) is 9.43. The summed E-state index contributed by atoms with van der Waals surface area (Å²) in [5.41, 5.74) is 0.581. The summed E-state index contributed by atoms with van der Waals surface area (Å²) in [7, 11) is 0. The average molecular weight is 207 g/mol. The molecule has 1 atom stereocenters. The number of nitrogens with one attached hydrogen (secondary N) is 1. The number of rotatable bonds is 2. The van der Waals surface area contributed by atoms with Crippen LogP contribution >= 0.6 is 11.3 Å². The van der Waals surface area contributed by atoms with Crippen LogP contribution in [0.3, 0.4) is 0 Å². The van der Waals surface area contributed by atoms with Gasteiger partial charge < -0.3 is 5.32 Å². The molecule has 2 fully saturated rings. The quantitative estimate of drug-likeness (QED) is 0.786. The summed E-state index contributed by atoms with van der Waals surface area (Å²) in [4.78, 5) is 1.65. The van der Waals surface area contributed by atoms with Gasteiger partial charge in [0, 0.05) is 10.3 Å². The first kappa shape index (κ1) is 8.93. The Morgan fingerprint density at radius 1 is 1.43 bits per heavy atom. The third-order valence-corrected chi connectivity index (χ3v) is 5.19. The minimum atomic E-state index is 0.581. The molecule has 0 bridgehead atoms. The van der Waals surface area contributed by atoms with E-state index in [4.69, 9.17) is 0 Å². The van der Waals surface area contributed by atoms with E-state index in [9.17, 15) is 0 Å². The van der Waals surface area contributed by atoms with Gasteiger partial charge in [-0.15, -0.1) is 11.3 Å². The molecule has 2 aliphatic rings. The van der Waals surface area contributed by atoms with Crippen molar-refractivity contribution in [3.8, 4) is 0 Å². The first-order chi connectivity index (χ1) is 6.92. The molecule has 0 amide bonds. The highest BCUT2D eigenvalue weighted by molar-refractivity contribution is 7.10. The summed E-state index contributed by atoms with van der Waals surface area (Å²) < 4.78 is 0. The standard InChI is InChI=1S/C12H17NS/c1-3-11(14-8-1)12(5-2-6-12)10-4-7-13-9-10/h1,3,8,10,13H,2,4-7,9H2. The molecule has 1 aliphatic heterocycles. The van der Waals surface area contributed by atoms with Gasteiger partial charge in [-0.25, -0.2) is 0 Å². The normalized spacial score (nSPS) is 30.1. The van der Waals surface area contributed by atoms with E-state index in [1.54, 1.807) is 4.88 Å². The van der Waals surface area contributed by atoms with Crippen LogP contribution in [0.2, 0.25) is 0 Å². The minimum Gasteiger partial charge on any atom is -0.316 e. The van der Waals surface area contributed by atoms with Crippen molar-refractivity contribution in [2.45, 2.75) is 31.1 Å². The fourth-order valence-corrected chi connectivity index (χ4v) is 4.17. The van der Waals surface area contributed by atoms with Gasteiger partial charge in [0.05, 0.1) is 0 Å². The highest BCUT2D eigenvalue weighted by atomic mass is 32.1. The summed E-state index contributed by atoms with van der Waals surface area (Å²) in [5, 5.41) is 5.75. The molecule has 0 aromatic carbocycles. The lowest BCUT2D eigenvalue weighted by molar-refractivity contribution is 0.161. The molecule has 1 saturated heterocycles. The predicted octanol–water partition coefficient (Wildman–Crippen LogP) is 2.78. The van der Waals surface area contributed by atoms with Crippen molar-refractivity contribution < 1.29 is 0 Å². The van der Waals surface area contributed by atoms with Crippen molar-refractivity contribution >= 4 is 11.3 Å². The van der Waals surface area contributed by atoms with Gasteiger partial charge in [0.15, 0.2) is 0 Å². The topological polar surface area (TPSA) is 12.0 Å². The molecule has 3 rings (SSSR count). The third-order valence-electron chi connectivity index (χ3n) is 4.10. The fourth-order valence-electron chi connectivity index (χ4n) is 3.10. The lowest BCUT2D eigenvalue weighted by Crippen LogP contribution is -2.42. The van der Waals surface area contributed by atoms with E-state index in [1.807, 2.05) is 11.3 Å². The van der Waals surface area contributed by atoms with Crippen molar-refractivity contribution in [3.05, 3.63) is 22.4 Å². The number of thiophene rings is 1. The maximum absolute atomic E-state index is 3.51. The van der Waals surface area contributed by atoms with Crippen LogP contribution in [0.25, 0.3) is 0 Å². The van der Waals surface area contributed by atoms with E-state index in [1.165, 1.54) is 38.8 Å². The first-order valence-corrected chi connectivity index (χ1v) is 6.54. The lowest BCUT2D eigenvalue weighted by Gasteiger charge is -2.46. The average Bonchev–Trinajstić information content (AvgIpc) is 2.71. The Kier molecular flexibility index (Phi) is 2.14. The van der Waals surface area contributed by atoms with Crippen molar-refractivity contribution in [2.75, 3.05) is 13.1 Å². The third kappa shape index (κ3) is 1.17. The van der Waals surface area contributed by atoms with Gasteiger partial charge in [0.2, 0.25) is 0 Å². The van der Waals surface area contributed by atoms with Crippen LogP contribution in [0.4, 0.5) is 0 Å². The fraction of sp³-hybridized carbons (Fsp3) is 0.667. The second kappa shape index (κ2) is 3.35. The summed E-state index contributed by atoms with van der Waals surface area (Å²) >= 11 is 1.96. The maximum Gasteiger partial charge on any atom is 0.0110 e. The molecule has 14 heavy (non-hydrogen) atoms. The molecule has 2 heterocycles. The van der Waals surface area contributed by atoms with Crippen LogP contribution < -0.4 is 5.32 Å². The van der Waals surface area contributed by atoms with Gasteiger partial charge in [-0.3, -0.25) is 0 Å². The highest BCUT2D eigenvalue weighted by Gasteiger charge is 2.46.